The topological polar surface area (TPSA) is 94.0 Å². The van der Waals surface area contributed by atoms with Crippen molar-refractivity contribution in [3.63, 3.8) is 0 Å². The van der Waals surface area contributed by atoms with Gasteiger partial charge in [0, 0.05) is 25.5 Å². The summed E-state index contributed by atoms with van der Waals surface area (Å²) in [5, 5.41) is 18.1. The van der Waals surface area contributed by atoms with E-state index < -0.39 is 0 Å². The van der Waals surface area contributed by atoms with Crippen molar-refractivity contribution in [2.24, 2.45) is 0 Å². The number of ether oxygens (including phenoxy) is 1. The summed E-state index contributed by atoms with van der Waals surface area (Å²) >= 11 is 0. The summed E-state index contributed by atoms with van der Waals surface area (Å²) in [7, 11) is 0. The zero-order valence-corrected chi connectivity index (χ0v) is 14.4. The molecular formula is C18H20N6O2. The van der Waals surface area contributed by atoms with E-state index in [4.69, 9.17) is 4.74 Å². The van der Waals surface area contributed by atoms with E-state index in [0.29, 0.717) is 30.5 Å². The number of nitrogens with one attached hydrogen (secondary N) is 2. The van der Waals surface area contributed by atoms with Crippen molar-refractivity contribution < 1.29 is 9.53 Å². The molecule has 0 aliphatic carbocycles. The molecule has 134 valence electrons. The van der Waals surface area contributed by atoms with E-state index in [-0.39, 0.29) is 12.5 Å². The van der Waals surface area contributed by atoms with E-state index >= 15 is 0 Å². The quantitative estimate of drug-likeness (QED) is 0.598. The van der Waals surface area contributed by atoms with Crippen molar-refractivity contribution >= 4 is 11.7 Å². The first-order valence-corrected chi connectivity index (χ1v) is 8.24. The van der Waals surface area contributed by atoms with Crippen LogP contribution in [0.15, 0.2) is 54.9 Å². The number of amides is 1. The van der Waals surface area contributed by atoms with E-state index in [1.165, 1.54) is 0 Å². The molecule has 0 fully saturated rings. The Hall–Kier alpha value is -3.42. The van der Waals surface area contributed by atoms with E-state index in [2.05, 4.69) is 25.9 Å². The largest absolute Gasteiger partial charge is 0.484 e. The Morgan fingerprint density at radius 2 is 1.96 bits per heavy atom. The third kappa shape index (κ3) is 5.04. The monoisotopic (exact) mass is 352 g/mol. The lowest BCUT2D eigenvalue weighted by molar-refractivity contribution is -0.123. The maximum absolute atomic E-state index is 11.8. The standard InChI is InChI=1S/C18H20N6O2/c1-14-3-5-15(6-4-14)26-13-18(25)20-11-10-19-16-7-8-17(23-22-16)24-12-2-9-21-24/h2-9,12H,10-11,13H2,1H3,(H,19,22)(H,20,25). The number of hydrogen-bond donors (Lipinski definition) is 2. The van der Waals surface area contributed by atoms with Gasteiger partial charge in [-0.1, -0.05) is 17.7 Å². The first kappa shape index (κ1) is 17.4. The Bertz CT molecular complexity index is 816. The second-order valence-electron chi connectivity index (χ2n) is 5.61. The lowest BCUT2D eigenvalue weighted by Gasteiger charge is -2.09. The Balaban J connectivity index is 1.34. The number of carbonyl (C=O) groups is 1. The minimum absolute atomic E-state index is 0.0125. The van der Waals surface area contributed by atoms with Crippen LogP contribution in [0.1, 0.15) is 5.56 Å². The van der Waals surface area contributed by atoms with E-state index in [0.717, 1.165) is 5.56 Å². The van der Waals surface area contributed by atoms with Gasteiger partial charge in [-0.25, -0.2) is 4.68 Å². The van der Waals surface area contributed by atoms with E-state index in [1.807, 2.05) is 49.4 Å². The van der Waals surface area contributed by atoms with Crippen LogP contribution >= 0.6 is 0 Å². The van der Waals surface area contributed by atoms with Gasteiger partial charge in [0.1, 0.15) is 11.6 Å². The Labute approximate surface area is 151 Å². The number of aryl methyl sites for hydroxylation is 1. The summed E-state index contributed by atoms with van der Waals surface area (Å²) in [6.07, 6.45) is 3.48. The lowest BCUT2D eigenvalue weighted by atomic mass is 10.2. The molecule has 2 heterocycles. The Kier molecular flexibility index (Phi) is 5.76. The first-order chi connectivity index (χ1) is 12.7. The molecule has 0 saturated carbocycles. The van der Waals surface area contributed by atoms with Crippen molar-refractivity contribution in [2.75, 3.05) is 25.0 Å². The summed E-state index contributed by atoms with van der Waals surface area (Å²) in [6, 6.07) is 13.0. The van der Waals surface area contributed by atoms with Gasteiger partial charge in [0.15, 0.2) is 12.4 Å². The third-order valence-electron chi connectivity index (χ3n) is 3.53. The van der Waals surface area contributed by atoms with Crippen LogP contribution in [-0.2, 0) is 4.79 Å². The second kappa shape index (κ2) is 8.61. The smallest absolute Gasteiger partial charge is 0.258 e. The molecule has 0 aliphatic heterocycles. The van der Waals surface area contributed by atoms with Crippen LogP contribution in [0.5, 0.6) is 5.75 Å². The molecule has 0 atom stereocenters. The van der Waals surface area contributed by atoms with E-state index in [9.17, 15) is 4.79 Å². The minimum atomic E-state index is -0.174. The van der Waals surface area contributed by atoms with Gasteiger partial charge >= 0.3 is 0 Å². The van der Waals surface area contributed by atoms with Crippen LogP contribution < -0.4 is 15.4 Å². The Morgan fingerprint density at radius 1 is 1.12 bits per heavy atom. The molecule has 0 aliphatic rings. The summed E-state index contributed by atoms with van der Waals surface area (Å²) in [4.78, 5) is 11.8. The number of aromatic nitrogens is 4. The highest BCUT2D eigenvalue weighted by Gasteiger charge is 2.03. The number of nitrogens with zero attached hydrogens (tertiary/aromatic N) is 4. The van der Waals surface area contributed by atoms with E-state index in [1.54, 1.807) is 17.1 Å². The number of anilines is 1. The van der Waals surface area contributed by atoms with Crippen LogP contribution in [0.2, 0.25) is 0 Å². The molecule has 26 heavy (non-hydrogen) atoms. The molecule has 0 spiro atoms. The van der Waals surface area contributed by atoms with Gasteiger partial charge in [0.25, 0.3) is 5.91 Å². The number of hydrogen-bond acceptors (Lipinski definition) is 6. The van der Waals surface area contributed by atoms with Gasteiger partial charge in [0.2, 0.25) is 0 Å². The molecule has 8 nitrogen and oxygen atoms in total. The summed E-state index contributed by atoms with van der Waals surface area (Å²) in [5.41, 5.74) is 1.15. The summed E-state index contributed by atoms with van der Waals surface area (Å²) < 4.78 is 7.05. The van der Waals surface area contributed by atoms with Crippen LogP contribution in [0.4, 0.5) is 5.82 Å². The van der Waals surface area contributed by atoms with Gasteiger partial charge in [-0.15, -0.1) is 10.2 Å². The molecule has 2 N–H and O–H groups in total. The summed E-state index contributed by atoms with van der Waals surface area (Å²) in [5.74, 6) is 1.78. The molecule has 3 rings (SSSR count). The SMILES string of the molecule is Cc1ccc(OCC(=O)NCCNc2ccc(-n3cccn3)nn2)cc1. The minimum Gasteiger partial charge on any atom is -0.484 e. The second-order valence-corrected chi connectivity index (χ2v) is 5.61. The normalized spacial score (nSPS) is 10.3. The van der Waals surface area contributed by atoms with Crippen molar-refractivity contribution in [1.29, 1.82) is 0 Å². The summed E-state index contributed by atoms with van der Waals surface area (Å²) in [6.45, 7) is 2.98. The average Bonchev–Trinajstić information content (AvgIpc) is 3.20. The molecule has 0 unspecified atom stereocenters. The molecule has 2 aromatic heterocycles. The molecule has 0 bridgehead atoms. The predicted octanol–water partition coefficient (Wildman–Crippen LogP) is 1.58. The third-order valence-corrected chi connectivity index (χ3v) is 3.53. The number of carbonyl (C=O) groups excluding carboxylic acids is 1. The molecule has 3 aromatic rings. The van der Waals surface area contributed by atoms with Crippen LogP contribution in [0.3, 0.4) is 0 Å². The fourth-order valence-corrected chi connectivity index (χ4v) is 2.17. The predicted molar refractivity (Wildman–Crippen MR) is 97.3 cm³/mol. The van der Waals surface area contributed by atoms with Crippen molar-refractivity contribution in [2.45, 2.75) is 6.92 Å². The van der Waals surface area contributed by atoms with Crippen molar-refractivity contribution in [3.8, 4) is 11.6 Å². The molecule has 1 amide bonds. The van der Waals surface area contributed by atoms with Crippen molar-refractivity contribution in [3.05, 3.63) is 60.4 Å². The zero-order chi connectivity index (χ0) is 18.2. The number of benzene rings is 1. The maximum Gasteiger partial charge on any atom is 0.258 e. The fraction of sp³-hybridized carbons (Fsp3) is 0.222. The highest BCUT2D eigenvalue weighted by molar-refractivity contribution is 5.77. The van der Waals surface area contributed by atoms with Crippen molar-refractivity contribution in [1.82, 2.24) is 25.3 Å². The number of rotatable bonds is 8. The lowest BCUT2D eigenvalue weighted by Crippen LogP contribution is -2.32. The maximum atomic E-state index is 11.8. The van der Waals surface area contributed by atoms with Gasteiger partial charge < -0.3 is 15.4 Å². The zero-order valence-electron chi connectivity index (χ0n) is 14.4. The average molecular weight is 352 g/mol. The van der Waals surface area contributed by atoms with Gasteiger partial charge in [-0.2, -0.15) is 5.10 Å². The van der Waals surface area contributed by atoms with Gasteiger partial charge in [-0.05, 0) is 37.3 Å². The van der Waals surface area contributed by atoms with Gasteiger partial charge in [0.05, 0.1) is 0 Å². The molecule has 8 heteroatoms. The molecule has 1 aromatic carbocycles. The van der Waals surface area contributed by atoms with Gasteiger partial charge in [-0.3, -0.25) is 4.79 Å². The highest BCUT2D eigenvalue weighted by Crippen LogP contribution is 2.10. The fourth-order valence-electron chi connectivity index (χ4n) is 2.17. The van der Waals surface area contributed by atoms with Crippen LogP contribution in [0.25, 0.3) is 5.82 Å². The van der Waals surface area contributed by atoms with Crippen LogP contribution in [-0.4, -0.2) is 45.6 Å². The first-order valence-electron chi connectivity index (χ1n) is 8.24. The molecular weight excluding hydrogens is 332 g/mol. The molecule has 0 saturated heterocycles. The molecule has 0 radical (unpaired) electrons. The Morgan fingerprint density at radius 3 is 2.65 bits per heavy atom. The highest BCUT2D eigenvalue weighted by atomic mass is 16.5. The van der Waals surface area contributed by atoms with Crippen LogP contribution in [0, 0.1) is 6.92 Å².